The molecule has 13 heavy (non-hydrogen) atoms. The van der Waals surface area contributed by atoms with Gasteiger partial charge < -0.3 is 10.6 Å². The molecule has 1 aliphatic carbocycles. The molecule has 2 atom stereocenters. The zero-order valence-corrected chi connectivity index (χ0v) is 8.61. The topological polar surface area (TPSA) is 41.1 Å². The molecule has 0 unspecified atom stereocenters. The van der Waals surface area contributed by atoms with Crippen LogP contribution in [0.4, 0.5) is 4.79 Å². The molecule has 2 aliphatic rings. The molecule has 3 nitrogen and oxygen atoms in total. The molecule has 1 saturated heterocycles. The van der Waals surface area contributed by atoms with Gasteiger partial charge in [-0.2, -0.15) is 0 Å². The lowest BCUT2D eigenvalue weighted by atomic mass is 9.72. The Kier molecular flexibility index (Phi) is 1.63. The van der Waals surface area contributed by atoms with Crippen molar-refractivity contribution in [1.29, 1.82) is 0 Å². The van der Waals surface area contributed by atoms with Gasteiger partial charge in [0.2, 0.25) is 0 Å². The van der Waals surface area contributed by atoms with E-state index in [1.165, 1.54) is 6.42 Å². The van der Waals surface area contributed by atoms with Crippen LogP contribution in [0, 0.1) is 11.3 Å². The van der Waals surface area contributed by atoms with E-state index >= 15 is 0 Å². The van der Waals surface area contributed by atoms with Crippen molar-refractivity contribution < 1.29 is 4.79 Å². The monoisotopic (exact) mass is 182 g/mol. The summed E-state index contributed by atoms with van der Waals surface area (Å²) in [6.07, 6.45) is 2.33. The quantitative estimate of drug-likeness (QED) is 0.585. The van der Waals surface area contributed by atoms with Crippen LogP contribution in [0.5, 0.6) is 0 Å². The van der Waals surface area contributed by atoms with Gasteiger partial charge in [-0.25, -0.2) is 4.79 Å². The van der Waals surface area contributed by atoms with E-state index in [2.05, 4.69) is 31.4 Å². The zero-order chi connectivity index (χ0) is 9.69. The van der Waals surface area contributed by atoms with Crippen molar-refractivity contribution in [2.24, 2.45) is 11.3 Å². The van der Waals surface area contributed by atoms with Crippen molar-refractivity contribution in [3.63, 3.8) is 0 Å². The number of nitrogens with one attached hydrogen (secondary N) is 2. The number of carbonyl (C=O) groups is 1. The predicted octanol–water partition coefficient (Wildman–Crippen LogP) is 1.49. The Morgan fingerprint density at radius 3 is 2.77 bits per heavy atom. The maximum atomic E-state index is 11.3. The van der Waals surface area contributed by atoms with Gasteiger partial charge in [0.25, 0.3) is 0 Å². The lowest BCUT2D eigenvalue weighted by Gasteiger charge is -2.39. The number of urea groups is 1. The summed E-state index contributed by atoms with van der Waals surface area (Å²) in [6, 6.07) is -0.00206. The summed E-state index contributed by atoms with van der Waals surface area (Å²) >= 11 is 0. The summed E-state index contributed by atoms with van der Waals surface area (Å²) in [4.78, 5) is 11.3. The number of hydrogen-bond acceptors (Lipinski definition) is 1. The van der Waals surface area contributed by atoms with Crippen molar-refractivity contribution in [2.45, 2.75) is 39.2 Å². The van der Waals surface area contributed by atoms with Crippen molar-refractivity contribution in [1.82, 2.24) is 10.6 Å². The molecule has 1 heterocycles. The lowest BCUT2D eigenvalue weighted by molar-refractivity contribution is 0.152. The van der Waals surface area contributed by atoms with Crippen LogP contribution in [0.25, 0.3) is 0 Å². The highest BCUT2D eigenvalue weighted by Gasteiger charge is 2.53. The molecule has 3 heteroatoms. The lowest BCUT2D eigenvalue weighted by Crippen LogP contribution is -2.53. The molecule has 2 rings (SSSR count). The molecule has 0 spiro atoms. The molecule has 0 radical (unpaired) electrons. The smallest absolute Gasteiger partial charge is 0.315 e. The maximum absolute atomic E-state index is 11.3. The fraction of sp³-hybridized carbons (Fsp3) is 0.900. The molecule has 1 saturated carbocycles. The summed E-state index contributed by atoms with van der Waals surface area (Å²) in [5.74, 6) is 0.622. The average Bonchev–Trinajstić information content (AvgIpc) is 2.15. The van der Waals surface area contributed by atoms with Gasteiger partial charge in [-0.1, -0.05) is 13.8 Å². The van der Waals surface area contributed by atoms with Crippen LogP contribution in [0.1, 0.15) is 33.6 Å². The van der Waals surface area contributed by atoms with Crippen LogP contribution in [0.3, 0.4) is 0 Å². The Bertz CT molecular complexity index is 249. The zero-order valence-electron chi connectivity index (χ0n) is 8.61. The minimum atomic E-state index is -0.0156. The summed E-state index contributed by atoms with van der Waals surface area (Å²) in [6.45, 7) is 7.52. The second-order valence-corrected chi connectivity index (χ2v) is 5.12. The Labute approximate surface area is 79.3 Å². The van der Waals surface area contributed by atoms with Crippen molar-refractivity contribution in [3.05, 3.63) is 0 Å². The van der Waals surface area contributed by atoms with Gasteiger partial charge in [-0.15, -0.1) is 0 Å². The van der Waals surface area contributed by atoms with E-state index < -0.39 is 0 Å². The molecule has 2 fully saturated rings. The first-order chi connectivity index (χ1) is 5.96. The van der Waals surface area contributed by atoms with Gasteiger partial charge >= 0.3 is 6.03 Å². The van der Waals surface area contributed by atoms with Crippen LogP contribution in [0.2, 0.25) is 0 Å². The van der Waals surface area contributed by atoms with Gasteiger partial charge in [0, 0.05) is 12.1 Å². The van der Waals surface area contributed by atoms with E-state index in [0.29, 0.717) is 5.92 Å². The van der Waals surface area contributed by atoms with Gasteiger partial charge in [0.1, 0.15) is 0 Å². The van der Waals surface area contributed by atoms with E-state index in [9.17, 15) is 4.79 Å². The summed E-state index contributed by atoms with van der Waals surface area (Å²) < 4.78 is 0. The second-order valence-electron chi connectivity index (χ2n) is 5.12. The Balaban J connectivity index is 2.36. The molecule has 0 aromatic heterocycles. The van der Waals surface area contributed by atoms with E-state index in [1.807, 2.05) is 0 Å². The standard InChI is InChI=1S/C10H18N2O/c1-9(2)7-4-5-10(9,3)12-8(13)11-6-7/h7H,4-6H2,1-3H3,(H2,11,12,13)/t7-,10-/m0/s1. The molecule has 74 valence electrons. The van der Waals surface area contributed by atoms with E-state index in [0.717, 1.165) is 13.0 Å². The van der Waals surface area contributed by atoms with Crippen LogP contribution in [-0.2, 0) is 0 Å². The van der Waals surface area contributed by atoms with Crippen molar-refractivity contribution in [3.8, 4) is 0 Å². The molecule has 2 bridgehead atoms. The fourth-order valence-electron chi connectivity index (χ4n) is 2.69. The SMILES string of the molecule is CC1(C)[C@H]2CC[C@]1(C)NC(=O)NC2. The third-order valence-corrected chi connectivity index (χ3v) is 4.33. The number of rotatable bonds is 0. The van der Waals surface area contributed by atoms with Gasteiger partial charge in [-0.05, 0) is 31.1 Å². The minimum Gasteiger partial charge on any atom is -0.338 e. The van der Waals surface area contributed by atoms with Crippen LogP contribution in [0.15, 0.2) is 0 Å². The fourth-order valence-corrected chi connectivity index (χ4v) is 2.69. The maximum Gasteiger partial charge on any atom is 0.315 e. The summed E-state index contributed by atoms with van der Waals surface area (Å²) in [5.41, 5.74) is 0.199. The number of fused-ring (bicyclic) bond motifs is 2. The Morgan fingerprint density at radius 1 is 1.38 bits per heavy atom. The van der Waals surface area contributed by atoms with Gasteiger partial charge in [-0.3, -0.25) is 0 Å². The van der Waals surface area contributed by atoms with Crippen molar-refractivity contribution in [2.75, 3.05) is 6.54 Å². The summed E-state index contributed by atoms with van der Waals surface area (Å²) in [7, 11) is 0. The highest BCUT2D eigenvalue weighted by atomic mass is 16.2. The molecular weight excluding hydrogens is 164 g/mol. The van der Waals surface area contributed by atoms with E-state index in [1.54, 1.807) is 0 Å². The first-order valence-corrected chi connectivity index (χ1v) is 5.02. The van der Waals surface area contributed by atoms with Gasteiger partial charge in [0.15, 0.2) is 0 Å². The normalized spacial score (nSPS) is 42.1. The number of hydrogen-bond donors (Lipinski definition) is 2. The molecule has 2 amide bonds. The Hall–Kier alpha value is -0.730. The molecular formula is C10H18N2O. The van der Waals surface area contributed by atoms with Crippen molar-refractivity contribution >= 4 is 6.03 Å². The molecule has 0 aromatic rings. The first-order valence-electron chi connectivity index (χ1n) is 5.02. The molecule has 1 aliphatic heterocycles. The highest BCUT2D eigenvalue weighted by molar-refractivity contribution is 5.75. The number of carbonyl (C=O) groups excluding carboxylic acids is 1. The third kappa shape index (κ3) is 1.06. The van der Waals surface area contributed by atoms with Crippen LogP contribution in [-0.4, -0.2) is 18.1 Å². The second kappa shape index (κ2) is 2.40. The Morgan fingerprint density at radius 2 is 2.08 bits per heavy atom. The molecule has 0 aromatic carbocycles. The average molecular weight is 182 g/mol. The first kappa shape index (κ1) is 8.85. The van der Waals surface area contributed by atoms with E-state index in [-0.39, 0.29) is 17.0 Å². The van der Waals surface area contributed by atoms with E-state index in [4.69, 9.17) is 0 Å². The highest BCUT2D eigenvalue weighted by Crippen LogP contribution is 2.50. The van der Waals surface area contributed by atoms with Crippen LogP contribution >= 0.6 is 0 Å². The van der Waals surface area contributed by atoms with Crippen LogP contribution < -0.4 is 10.6 Å². The largest absolute Gasteiger partial charge is 0.338 e. The summed E-state index contributed by atoms with van der Waals surface area (Å²) in [5, 5.41) is 5.99. The number of amides is 2. The minimum absolute atomic E-state index is 0.00206. The predicted molar refractivity (Wildman–Crippen MR) is 51.4 cm³/mol. The molecule has 2 N–H and O–H groups in total. The van der Waals surface area contributed by atoms with Gasteiger partial charge in [0.05, 0.1) is 0 Å². The third-order valence-electron chi connectivity index (χ3n) is 4.33.